The summed E-state index contributed by atoms with van der Waals surface area (Å²) in [4.78, 5) is 0. The second kappa shape index (κ2) is 8.58. The fourth-order valence-corrected chi connectivity index (χ4v) is 9.32. The first kappa shape index (κ1) is 25.6. The molecule has 0 amide bonds. The summed E-state index contributed by atoms with van der Waals surface area (Å²) in [6.07, 6.45) is 2.27. The van der Waals surface area contributed by atoms with E-state index in [0.717, 1.165) is 25.7 Å². The van der Waals surface area contributed by atoms with Crippen molar-refractivity contribution in [3.63, 3.8) is 0 Å². The van der Waals surface area contributed by atoms with Crippen LogP contribution >= 0.6 is 0 Å². The molecule has 0 aromatic heterocycles. The minimum absolute atomic E-state index is 0.0101. The minimum Gasteiger partial charge on any atom is -0.393 e. The molecule has 33 heavy (non-hydrogen) atoms. The molecule has 0 spiro atoms. The first-order chi connectivity index (χ1) is 15.3. The van der Waals surface area contributed by atoms with E-state index in [1.165, 1.54) is 5.57 Å². The summed E-state index contributed by atoms with van der Waals surface area (Å²) in [6, 6.07) is 0. The maximum Gasteiger partial charge on any atom is 0.101 e. The van der Waals surface area contributed by atoms with Crippen LogP contribution in [-0.4, -0.2) is 55.5 Å². The largest absolute Gasteiger partial charge is 0.393 e. The Morgan fingerprint density at radius 2 is 1.64 bits per heavy atom. The smallest absolute Gasteiger partial charge is 0.101 e. The van der Waals surface area contributed by atoms with Crippen LogP contribution in [0.4, 0.5) is 0 Å². The van der Waals surface area contributed by atoms with Crippen LogP contribution < -0.4 is 0 Å². The van der Waals surface area contributed by atoms with Gasteiger partial charge in [-0.05, 0) is 85.9 Å². The number of hydrogen-bond acceptors (Lipinski definition) is 5. The van der Waals surface area contributed by atoms with E-state index in [0.29, 0.717) is 36.5 Å². The van der Waals surface area contributed by atoms with Crippen LogP contribution in [0.15, 0.2) is 12.2 Å². The average Bonchev–Trinajstić information content (AvgIpc) is 3.05. The molecule has 0 heterocycles. The number of aliphatic hydroxyl groups is 5. The topological polar surface area (TPSA) is 101 Å². The highest BCUT2D eigenvalue weighted by Gasteiger charge is 2.72. The van der Waals surface area contributed by atoms with Gasteiger partial charge in [-0.2, -0.15) is 0 Å². The molecule has 0 bridgehead atoms. The molecular formula is C28H48O5. The van der Waals surface area contributed by atoms with Gasteiger partial charge < -0.3 is 25.5 Å². The van der Waals surface area contributed by atoms with Gasteiger partial charge >= 0.3 is 0 Å². The maximum atomic E-state index is 11.6. The van der Waals surface area contributed by atoms with Crippen molar-refractivity contribution >= 4 is 0 Å². The Balaban J connectivity index is 1.61. The summed E-state index contributed by atoms with van der Waals surface area (Å²) >= 11 is 0. The maximum absolute atomic E-state index is 11.6. The lowest BCUT2D eigenvalue weighted by Gasteiger charge is -2.67. The van der Waals surface area contributed by atoms with Crippen molar-refractivity contribution in [2.45, 2.75) is 116 Å². The van der Waals surface area contributed by atoms with Crippen molar-refractivity contribution in [3.05, 3.63) is 12.2 Å². The number of rotatable bonds is 5. The van der Waals surface area contributed by atoms with E-state index in [4.69, 9.17) is 0 Å². The van der Waals surface area contributed by atoms with Crippen LogP contribution in [-0.2, 0) is 0 Å². The molecule has 0 aromatic rings. The van der Waals surface area contributed by atoms with Gasteiger partial charge in [0.25, 0.3) is 0 Å². The zero-order valence-corrected chi connectivity index (χ0v) is 21.4. The molecule has 4 saturated carbocycles. The van der Waals surface area contributed by atoms with Crippen molar-refractivity contribution < 1.29 is 25.5 Å². The van der Waals surface area contributed by atoms with Crippen molar-refractivity contribution in [1.29, 1.82) is 0 Å². The lowest BCUT2D eigenvalue weighted by Crippen LogP contribution is -2.74. The summed E-state index contributed by atoms with van der Waals surface area (Å²) < 4.78 is 0. The van der Waals surface area contributed by atoms with Crippen molar-refractivity contribution in [2.24, 2.45) is 46.3 Å². The SMILES string of the molecule is C=C(CC[C@@H](C)[C@H]1CCC2C3C[C@@H](O)[C@@]4(O)C[C@@H](O)C[C@H](O)[C@]4(C)C3[C@H](O)C[C@@]21C)C(C)C. The fourth-order valence-electron chi connectivity index (χ4n) is 9.32. The van der Waals surface area contributed by atoms with Crippen LogP contribution in [0.3, 0.4) is 0 Å². The number of allylic oxidation sites excluding steroid dienone is 1. The first-order valence-electron chi connectivity index (χ1n) is 13.4. The Bertz CT molecular complexity index is 753. The van der Waals surface area contributed by atoms with E-state index >= 15 is 0 Å². The van der Waals surface area contributed by atoms with Crippen LogP contribution in [0.2, 0.25) is 0 Å². The van der Waals surface area contributed by atoms with Crippen LogP contribution in [0.1, 0.15) is 86.0 Å². The van der Waals surface area contributed by atoms with E-state index in [1.54, 1.807) is 0 Å². The molecule has 190 valence electrons. The van der Waals surface area contributed by atoms with Gasteiger partial charge in [0, 0.05) is 11.8 Å². The monoisotopic (exact) mass is 464 g/mol. The zero-order valence-electron chi connectivity index (χ0n) is 21.4. The number of hydrogen-bond donors (Lipinski definition) is 5. The predicted octanol–water partition coefficient (Wildman–Crippen LogP) is 3.66. The summed E-state index contributed by atoms with van der Waals surface area (Å²) in [7, 11) is 0. The van der Waals surface area contributed by atoms with E-state index in [2.05, 4.69) is 34.3 Å². The predicted molar refractivity (Wildman–Crippen MR) is 129 cm³/mol. The molecule has 4 aliphatic carbocycles. The average molecular weight is 465 g/mol. The molecule has 3 unspecified atom stereocenters. The van der Waals surface area contributed by atoms with Crippen LogP contribution in [0, 0.1) is 46.3 Å². The number of fused-ring (bicyclic) bond motifs is 5. The van der Waals surface area contributed by atoms with Crippen molar-refractivity contribution in [1.82, 2.24) is 0 Å². The Kier molecular flexibility index (Phi) is 6.67. The molecule has 0 radical (unpaired) electrons. The van der Waals surface area contributed by atoms with Gasteiger partial charge in [-0.15, -0.1) is 0 Å². The summed E-state index contributed by atoms with van der Waals surface area (Å²) in [6.45, 7) is 15.2. The third-order valence-corrected chi connectivity index (χ3v) is 11.4. The summed E-state index contributed by atoms with van der Waals surface area (Å²) in [5.41, 5.74) is -1.32. The third kappa shape index (κ3) is 3.67. The molecule has 4 rings (SSSR count). The van der Waals surface area contributed by atoms with Gasteiger partial charge in [-0.25, -0.2) is 0 Å². The van der Waals surface area contributed by atoms with Gasteiger partial charge in [-0.3, -0.25) is 0 Å². The first-order valence-corrected chi connectivity index (χ1v) is 13.4. The molecule has 4 fully saturated rings. The Morgan fingerprint density at radius 1 is 0.970 bits per heavy atom. The van der Waals surface area contributed by atoms with E-state index < -0.39 is 35.4 Å². The molecule has 5 heteroatoms. The highest BCUT2D eigenvalue weighted by molar-refractivity contribution is 5.21. The second-order valence-electron chi connectivity index (χ2n) is 13.2. The van der Waals surface area contributed by atoms with Gasteiger partial charge in [0.15, 0.2) is 0 Å². The molecule has 5 nitrogen and oxygen atoms in total. The lowest BCUT2D eigenvalue weighted by molar-refractivity contribution is -0.310. The zero-order chi connectivity index (χ0) is 24.5. The van der Waals surface area contributed by atoms with Crippen LogP contribution in [0.5, 0.6) is 0 Å². The molecular weight excluding hydrogens is 416 g/mol. The summed E-state index contributed by atoms with van der Waals surface area (Å²) in [5.74, 6) is 1.71. The van der Waals surface area contributed by atoms with E-state index in [-0.39, 0.29) is 30.1 Å². The fraction of sp³-hybridized carbons (Fsp3) is 0.929. The van der Waals surface area contributed by atoms with Crippen molar-refractivity contribution in [3.8, 4) is 0 Å². The van der Waals surface area contributed by atoms with E-state index in [9.17, 15) is 25.5 Å². The number of aliphatic hydroxyl groups excluding tert-OH is 4. The Morgan fingerprint density at radius 3 is 2.27 bits per heavy atom. The lowest BCUT2D eigenvalue weighted by atomic mass is 9.41. The van der Waals surface area contributed by atoms with Gasteiger partial charge in [0.05, 0.1) is 24.4 Å². The quantitative estimate of drug-likeness (QED) is 0.400. The minimum atomic E-state index is -1.58. The van der Waals surface area contributed by atoms with Crippen LogP contribution in [0.25, 0.3) is 0 Å². The van der Waals surface area contributed by atoms with E-state index in [1.807, 2.05) is 6.92 Å². The molecule has 5 N–H and O–H groups in total. The summed E-state index contributed by atoms with van der Waals surface area (Å²) in [5, 5.41) is 55.9. The van der Waals surface area contributed by atoms with Gasteiger partial charge in [0.2, 0.25) is 0 Å². The second-order valence-corrected chi connectivity index (χ2v) is 13.2. The standard InChI is InChI=1S/C28H48O5/c1-15(2)16(3)7-8-17(4)20-9-10-21-19-12-24(32)28(33)13-18(29)11-23(31)27(28,6)25(19)22(30)14-26(20,21)5/h15,17-25,29-33H,3,7-14H2,1-2,4-6H3/t17-,18+,19?,20-,21?,22-,23+,24-,25?,26-,27-,28+/m1/s1. The molecule has 0 saturated heterocycles. The van der Waals surface area contributed by atoms with Crippen molar-refractivity contribution in [2.75, 3.05) is 0 Å². The molecule has 12 atom stereocenters. The highest BCUT2D eigenvalue weighted by atomic mass is 16.4. The Hall–Kier alpha value is -0.460. The van der Waals surface area contributed by atoms with Gasteiger partial charge in [0.1, 0.15) is 5.60 Å². The Labute approximate surface area is 200 Å². The highest BCUT2D eigenvalue weighted by Crippen LogP contribution is 2.69. The molecule has 0 aromatic carbocycles. The molecule has 0 aliphatic heterocycles. The third-order valence-electron chi connectivity index (χ3n) is 11.4. The molecule has 4 aliphatic rings. The van der Waals surface area contributed by atoms with Gasteiger partial charge in [-0.1, -0.05) is 46.8 Å². The normalized spacial score (nSPS) is 52.7.